The van der Waals surface area contributed by atoms with Gasteiger partial charge in [-0.15, -0.1) is 0 Å². The number of nitrogens with zero attached hydrogens (tertiary/aromatic N) is 1. The van der Waals surface area contributed by atoms with Crippen LogP contribution in [0.1, 0.15) is 19.3 Å². The van der Waals surface area contributed by atoms with Crippen molar-refractivity contribution >= 4 is 40.6 Å². The average molecular weight is 266 g/mol. The Morgan fingerprint density at radius 1 is 1.27 bits per heavy atom. The summed E-state index contributed by atoms with van der Waals surface area (Å²) in [6, 6.07) is 1.61. The van der Waals surface area contributed by atoms with E-state index in [-0.39, 0.29) is 5.15 Å². The molecule has 1 aromatic rings. The fraction of sp³-hybridized carbons (Fsp3) is 0.500. The first-order valence-electron chi connectivity index (χ1n) is 4.92. The monoisotopic (exact) mass is 264 g/mol. The van der Waals surface area contributed by atoms with Gasteiger partial charge in [0.1, 0.15) is 11.0 Å². The normalized spacial score (nSPS) is 16.2. The molecule has 0 saturated heterocycles. The molecule has 0 aromatic carbocycles. The van der Waals surface area contributed by atoms with Gasteiger partial charge in [0.25, 0.3) is 0 Å². The van der Waals surface area contributed by atoms with Crippen molar-refractivity contribution in [3.63, 3.8) is 0 Å². The van der Waals surface area contributed by atoms with Crippen LogP contribution >= 0.6 is 34.8 Å². The van der Waals surface area contributed by atoms with Crippen molar-refractivity contribution in [3.05, 3.63) is 21.3 Å². The summed E-state index contributed by atoms with van der Waals surface area (Å²) >= 11 is 17.6. The fourth-order valence-corrected chi connectivity index (χ4v) is 2.07. The summed E-state index contributed by atoms with van der Waals surface area (Å²) in [5, 5.41) is 4.39. The van der Waals surface area contributed by atoms with Crippen LogP contribution in [-0.2, 0) is 0 Å². The van der Waals surface area contributed by atoms with Crippen LogP contribution in [0, 0.1) is 5.92 Å². The second-order valence-electron chi connectivity index (χ2n) is 3.77. The summed E-state index contributed by atoms with van der Waals surface area (Å²) in [4.78, 5) is 4.09. The highest BCUT2D eigenvalue weighted by Crippen LogP contribution is 2.31. The van der Waals surface area contributed by atoms with E-state index in [0.29, 0.717) is 15.9 Å². The Balaban J connectivity index is 2.03. The number of aromatic nitrogens is 1. The molecule has 0 amide bonds. The quantitative estimate of drug-likeness (QED) is 0.826. The molecule has 2 rings (SSSR count). The molecule has 82 valence electrons. The largest absolute Gasteiger partial charge is 0.369 e. The molecule has 0 unspecified atom stereocenters. The van der Waals surface area contributed by atoms with Gasteiger partial charge in [0.15, 0.2) is 0 Å². The van der Waals surface area contributed by atoms with Crippen LogP contribution in [0.2, 0.25) is 15.2 Å². The van der Waals surface area contributed by atoms with Crippen molar-refractivity contribution in [2.45, 2.75) is 19.3 Å². The average Bonchev–Trinajstić information content (AvgIpc) is 2.11. The van der Waals surface area contributed by atoms with Gasteiger partial charge in [0.05, 0.1) is 10.0 Å². The van der Waals surface area contributed by atoms with Crippen LogP contribution in [0.4, 0.5) is 5.82 Å². The molecule has 0 radical (unpaired) electrons. The number of nitrogens with one attached hydrogen (secondary N) is 1. The van der Waals surface area contributed by atoms with Crippen LogP contribution in [-0.4, -0.2) is 11.5 Å². The molecule has 1 aliphatic carbocycles. The van der Waals surface area contributed by atoms with E-state index < -0.39 is 0 Å². The highest BCUT2D eigenvalue weighted by molar-refractivity contribution is 6.42. The van der Waals surface area contributed by atoms with Gasteiger partial charge in [-0.3, -0.25) is 0 Å². The van der Waals surface area contributed by atoms with Gasteiger partial charge in [0.2, 0.25) is 0 Å². The number of hydrogen-bond donors (Lipinski definition) is 1. The van der Waals surface area contributed by atoms with Crippen molar-refractivity contribution in [2.75, 3.05) is 11.9 Å². The van der Waals surface area contributed by atoms with E-state index in [9.17, 15) is 0 Å². The van der Waals surface area contributed by atoms with Crippen molar-refractivity contribution < 1.29 is 0 Å². The zero-order valence-electron chi connectivity index (χ0n) is 8.06. The third-order valence-electron chi connectivity index (χ3n) is 2.67. The SMILES string of the molecule is Clc1cc(Cl)c(NCC2CCC2)nc1Cl. The second-order valence-corrected chi connectivity index (χ2v) is 4.94. The first kappa shape index (κ1) is 11.3. The third-order valence-corrected chi connectivity index (χ3v) is 3.63. The molecule has 1 aromatic heterocycles. The molecule has 15 heavy (non-hydrogen) atoms. The van der Waals surface area contributed by atoms with E-state index >= 15 is 0 Å². The summed E-state index contributed by atoms with van der Waals surface area (Å²) in [6.45, 7) is 0.907. The first-order valence-corrected chi connectivity index (χ1v) is 6.05. The molecular weight excluding hydrogens is 254 g/mol. The van der Waals surface area contributed by atoms with E-state index in [4.69, 9.17) is 34.8 Å². The first-order chi connectivity index (χ1) is 7.16. The summed E-state index contributed by atoms with van der Waals surface area (Å²) < 4.78 is 0. The van der Waals surface area contributed by atoms with Gasteiger partial charge in [-0.2, -0.15) is 0 Å². The van der Waals surface area contributed by atoms with Crippen LogP contribution in [0.3, 0.4) is 0 Å². The van der Waals surface area contributed by atoms with Crippen LogP contribution in [0.25, 0.3) is 0 Å². The molecule has 1 heterocycles. The smallest absolute Gasteiger partial charge is 0.150 e. The highest BCUT2D eigenvalue weighted by atomic mass is 35.5. The van der Waals surface area contributed by atoms with Crippen molar-refractivity contribution in [3.8, 4) is 0 Å². The van der Waals surface area contributed by atoms with Gasteiger partial charge >= 0.3 is 0 Å². The molecule has 1 saturated carbocycles. The number of pyridine rings is 1. The fourth-order valence-electron chi connectivity index (χ4n) is 1.51. The van der Waals surface area contributed by atoms with Crippen LogP contribution < -0.4 is 5.32 Å². The van der Waals surface area contributed by atoms with E-state index in [0.717, 1.165) is 12.5 Å². The van der Waals surface area contributed by atoms with E-state index in [2.05, 4.69) is 10.3 Å². The maximum absolute atomic E-state index is 5.98. The Hall–Kier alpha value is -0.180. The molecule has 0 bridgehead atoms. The Bertz CT molecular complexity index is 364. The Morgan fingerprint density at radius 2 is 2.00 bits per heavy atom. The van der Waals surface area contributed by atoms with Gasteiger partial charge in [-0.25, -0.2) is 4.98 Å². The minimum Gasteiger partial charge on any atom is -0.369 e. The maximum Gasteiger partial charge on any atom is 0.150 e. The molecule has 0 atom stereocenters. The summed E-state index contributed by atoms with van der Waals surface area (Å²) in [6.07, 6.45) is 3.90. The molecule has 1 N–H and O–H groups in total. The Labute approximate surface area is 104 Å². The topological polar surface area (TPSA) is 24.9 Å². The van der Waals surface area contributed by atoms with Crippen molar-refractivity contribution in [1.29, 1.82) is 0 Å². The zero-order valence-corrected chi connectivity index (χ0v) is 10.3. The lowest BCUT2D eigenvalue weighted by Gasteiger charge is -2.25. The molecular formula is C10H11Cl3N2. The molecule has 0 spiro atoms. The number of halogens is 3. The van der Waals surface area contributed by atoms with Crippen LogP contribution in [0.15, 0.2) is 6.07 Å². The van der Waals surface area contributed by atoms with Gasteiger partial charge < -0.3 is 5.32 Å². The standard InChI is InChI=1S/C10H11Cl3N2/c11-7-4-8(12)10(15-9(7)13)14-5-6-2-1-3-6/h4,6H,1-3,5H2,(H,14,15). The second kappa shape index (κ2) is 4.77. The number of hydrogen-bond acceptors (Lipinski definition) is 2. The molecule has 1 aliphatic rings. The van der Waals surface area contributed by atoms with Gasteiger partial charge in [0, 0.05) is 6.54 Å². The van der Waals surface area contributed by atoms with Crippen molar-refractivity contribution in [2.24, 2.45) is 5.92 Å². The van der Waals surface area contributed by atoms with Crippen LogP contribution in [0.5, 0.6) is 0 Å². The van der Waals surface area contributed by atoms with Gasteiger partial charge in [-0.05, 0) is 24.8 Å². The van der Waals surface area contributed by atoms with Gasteiger partial charge in [-0.1, -0.05) is 41.2 Å². The Morgan fingerprint density at radius 3 is 2.60 bits per heavy atom. The minimum atomic E-state index is 0.289. The van der Waals surface area contributed by atoms with E-state index in [1.165, 1.54) is 19.3 Å². The lowest BCUT2D eigenvalue weighted by molar-refractivity contribution is 0.333. The predicted octanol–water partition coefficient (Wildman–Crippen LogP) is 4.25. The maximum atomic E-state index is 5.98. The molecule has 0 aliphatic heterocycles. The lowest BCUT2D eigenvalue weighted by Crippen LogP contribution is -2.21. The number of anilines is 1. The zero-order chi connectivity index (χ0) is 10.8. The lowest BCUT2D eigenvalue weighted by atomic mass is 9.85. The van der Waals surface area contributed by atoms with Crippen molar-refractivity contribution in [1.82, 2.24) is 4.98 Å². The van der Waals surface area contributed by atoms with E-state index in [1.807, 2.05) is 0 Å². The summed E-state index contributed by atoms with van der Waals surface area (Å²) in [5.74, 6) is 1.37. The predicted molar refractivity (Wildman–Crippen MR) is 65.1 cm³/mol. The highest BCUT2D eigenvalue weighted by Gasteiger charge is 2.17. The minimum absolute atomic E-state index is 0.289. The number of rotatable bonds is 3. The summed E-state index contributed by atoms with van der Waals surface area (Å²) in [5.41, 5.74) is 0. The van der Waals surface area contributed by atoms with E-state index in [1.54, 1.807) is 6.07 Å². The third kappa shape index (κ3) is 2.68. The molecule has 1 fully saturated rings. The summed E-state index contributed by atoms with van der Waals surface area (Å²) in [7, 11) is 0. The molecule has 2 nitrogen and oxygen atoms in total. The Kier molecular flexibility index (Phi) is 3.60. The molecule has 5 heteroatoms.